The Hall–Kier alpha value is -3.07. The van der Waals surface area contributed by atoms with E-state index in [0.29, 0.717) is 12.3 Å². The quantitative estimate of drug-likeness (QED) is 0.534. The molecule has 1 amide bonds. The summed E-state index contributed by atoms with van der Waals surface area (Å²) in [5.74, 6) is -0.155. The summed E-state index contributed by atoms with van der Waals surface area (Å²) in [6.45, 7) is 2.09. The average Bonchev–Trinajstić information content (AvgIpc) is 3.25. The maximum Gasteiger partial charge on any atom is 0.324 e. The number of rotatable bonds is 6. The molecule has 1 aromatic carbocycles. The van der Waals surface area contributed by atoms with Crippen LogP contribution in [0.5, 0.6) is 0 Å². The van der Waals surface area contributed by atoms with Crippen molar-refractivity contribution in [3.63, 3.8) is 0 Å². The largest absolute Gasteiger partial charge is 0.407 e. The first-order valence-electron chi connectivity index (χ1n) is 7.51. The predicted molar refractivity (Wildman–Crippen MR) is 91.9 cm³/mol. The Kier molecular flexibility index (Phi) is 4.85. The molecule has 0 bridgehead atoms. The molecule has 0 spiro atoms. The van der Waals surface area contributed by atoms with Gasteiger partial charge in [0.25, 0.3) is 5.91 Å². The number of hydrogen-bond acceptors (Lipinski definition) is 7. The Morgan fingerprint density at radius 2 is 1.92 bits per heavy atom. The van der Waals surface area contributed by atoms with E-state index < -0.39 is 10.8 Å². The number of hydrogen-bond donors (Lipinski definition) is 1. The third kappa shape index (κ3) is 4.07. The highest BCUT2D eigenvalue weighted by Crippen LogP contribution is 2.24. The van der Waals surface area contributed by atoms with Crippen molar-refractivity contribution in [2.24, 2.45) is 0 Å². The number of carbonyl (C=O) groups is 1. The first-order valence-corrected chi connectivity index (χ1v) is 8.32. The molecule has 0 fully saturated rings. The zero-order valence-corrected chi connectivity index (χ0v) is 14.1. The van der Waals surface area contributed by atoms with Gasteiger partial charge in [-0.1, -0.05) is 47.6 Å². The van der Waals surface area contributed by atoms with Crippen LogP contribution < -0.4 is 5.32 Å². The maximum atomic E-state index is 12.0. The highest BCUT2D eigenvalue weighted by atomic mass is 32.1. The van der Waals surface area contributed by atoms with Crippen LogP contribution >= 0.6 is 11.3 Å². The lowest BCUT2D eigenvalue weighted by molar-refractivity contribution is -0.380. The van der Waals surface area contributed by atoms with Crippen LogP contribution in [0.15, 0.2) is 40.8 Å². The van der Waals surface area contributed by atoms with Crippen LogP contribution in [-0.4, -0.2) is 21.0 Å². The second-order valence-electron chi connectivity index (χ2n) is 5.20. The van der Waals surface area contributed by atoms with Crippen molar-refractivity contribution in [2.75, 3.05) is 5.32 Å². The maximum absolute atomic E-state index is 12.0. The first kappa shape index (κ1) is 16.8. The summed E-state index contributed by atoms with van der Waals surface area (Å²) in [5, 5.41) is 20.7. The second-order valence-corrected chi connectivity index (χ2v) is 6.26. The Bertz CT molecular complexity index is 901. The lowest BCUT2D eigenvalue weighted by Gasteiger charge is -1.99. The molecule has 9 heteroatoms. The SMILES string of the molecule is CCc1ccc(Cc2nnc(NC(=O)c3ccc([N+](=O)[O-])s3)o2)cc1. The zero-order valence-electron chi connectivity index (χ0n) is 13.3. The van der Waals surface area contributed by atoms with Crippen molar-refractivity contribution >= 4 is 28.3 Å². The fourth-order valence-electron chi connectivity index (χ4n) is 2.15. The standard InChI is InChI=1S/C16H14N4O4S/c1-2-10-3-5-11(6-4-10)9-13-18-19-16(24-13)17-15(21)12-7-8-14(25-12)20(22)23/h3-8H,2,9H2,1H3,(H,17,19,21). The van der Waals surface area contributed by atoms with E-state index in [4.69, 9.17) is 4.42 Å². The predicted octanol–water partition coefficient (Wildman–Crippen LogP) is 3.44. The number of nitrogens with zero attached hydrogens (tertiary/aromatic N) is 3. The molecule has 0 aliphatic carbocycles. The number of benzene rings is 1. The van der Waals surface area contributed by atoms with Gasteiger partial charge in [0.1, 0.15) is 0 Å². The van der Waals surface area contributed by atoms with E-state index in [1.807, 2.05) is 24.3 Å². The van der Waals surface area contributed by atoms with E-state index >= 15 is 0 Å². The molecule has 0 saturated heterocycles. The van der Waals surface area contributed by atoms with E-state index in [9.17, 15) is 14.9 Å². The number of aromatic nitrogens is 2. The number of amides is 1. The number of nitrogens with one attached hydrogen (secondary N) is 1. The summed E-state index contributed by atoms with van der Waals surface area (Å²) in [5.41, 5.74) is 2.26. The Labute approximate surface area is 146 Å². The van der Waals surface area contributed by atoms with Gasteiger partial charge in [0, 0.05) is 6.07 Å². The molecular weight excluding hydrogens is 344 g/mol. The molecule has 2 heterocycles. The lowest BCUT2D eigenvalue weighted by atomic mass is 10.1. The molecule has 0 atom stereocenters. The van der Waals surface area contributed by atoms with Gasteiger partial charge in [-0.25, -0.2) is 0 Å². The van der Waals surface area contributed by atoms with E-state index in [1.54, 1.807) is 0 Å². The van der Waals surface area contributed by atoms with E-state index in [2.05, 4.69) is 22.4 Å². The third-order valence-electron chi connectivity index (χ3n) is 3.47. The van der Waals surface area contributed by atoms with Gasteiger partial charge in [0.05, 0.1) is 16.2 Å². The fraction of sp³-hybridized carbons (Fsp3) is 0.188. The highest BCUT2D eigenvalue weighted by Gasteiger charge is 2.17. The lowest BCUT2D eigenvalue weighted by Crippen LogP contribution is -2.10. The number of anilines is 1. The van der Waals surface area contributed by atoms with Crippen LogP contribution in [0.25, 0.3) is 0 Å². The summed E-state index contributed by atoms with van der Waals surface area (Å²) in [4.78, 5) is 22.3. The average molecular weight is 358 g/mol. The molecule has 8 nitrogen and oxygen atoms in total. The van der Waals surface area contributed by atoms with Crippen LogP contribution in [-0.2, 0) is 12.8 Å². The molecule has 2 aromatic heterocycles. The Balaban J connectivity index is 1.64. The minimum absolute atomic E-state index is 0.0405. The summed E-state index contributed by atoms with van der Waals surface area (Å²) in [6.07, 6.45) is 1.43. The number of thiophene rings is 1. The van der Waals surface area contributed by atoms with Gasteiger partial charge in [0.2, 0.25) is 5.89 Å². The van der Waals surface area contributed by atoms with E-state index in [-0.39, 0.29) is 15.9 Å². The van der Waals surface area contributed by atoms with E-state index in [1.165, 1.54) is 17.7 Å². The number of aryl methyl sites for hydroxylation is 1. The highest BCUT2D eigenvalue weighted by molar-refractivity contribution is 7.17. The first-order chi connectivity index (χ1) is 12.0. The molecule has 1 N–H and O–H groups in total. The monoisotopic (exact) mass is 358 g/mol. The van der Waals surface area contributed by atoms with Gasteiger partial charge in [-0.3, -0.25) is 20.2 Å². The molecule has 0 saturated carbocycles. The van der Waals surface area contributed by atoms with Gasteiger partial charge in [0.15, 0.2) is 0 Å². The van der Waals surface area contributed by atoms with Gasteiger partial charge in [-0.05, 0) is 23.6 Å². The van der Waals surface area contributed by atoms with Gasteiger partial charge in [-0.15, -0.1) is 5.10 Å². The van der Waals surface area contributed by atoms with Crippen LogP contribution in [0, 0.1) is 10.1 Å². The zero-order chi connectivity index (χ0) is 17.8. The molecule has 128 valence electrons. The number of carbonyl (C=O) groups excluding carboxylic acids is 1. The fourth-order valence-corrected chi connectivity index (χ4v) is 2.87. The molecular formula is C16H14N4O4S. The van der Waals surface area contributed by atoms with Crippen LogP contribution in [0.2, 0.25) is 0 Å². The number of nitro groups is 1. The van der Waals surface area contributed by atoms with Crippen LogP contribution in [0.1, 0.15) is 33.6 Å². The van der Waals surface area contributed by atoms with Gasteiger partial charge >= 0.3 is 11.0 Å². The smallest absolute Gasteiger partial charge is 0.324 e. The third-order valence-corrected chi connectivity index (χ3v) is 4.51. The van der Waals surface area contributed by atoms with Crippen molar-refractivity contribution in [2.45, 2.75) is 19.8 Å². The van der Waals surface area contributed by atoms with Crippen molar-refractivity contribution < 1.29 is 14.1 Å². The summed E-state index contributed by atoms with van der Waals surface area (Å²) in [7, 11) is 0. The van der Waals surface area contributed by atoms with Gasteiger partial charge in [-0.2, -0.15) is 0 Å². The molecule has 0 aliphatic rings. The normalized spacial score (nSPS) is 10.6. The van der Waals surface area contributed by atoms with Gasteiger partial charge < -0.3 is 4.42 Å². The molecule has 0 unspecified atom stereocenters. The summed E-state index contributed by atoms with van der Waals surface area (Å²) in [6, 6.07) is 10.7. The van der Waals surface area contributed by atoms with Crippen molar-refractivity contribution in [1.82, 2.24) is 10.2 Å². The minimum atomic E-state index is -0.546. The molecule has 0 radical (unpaired) electrons. The Morgan fingerprint density at radius 1 is 1.20 bits per heavy atom. The minimum Gasteiger partial charge on any atom is -0.407 e. The van der Waals surface area contributed by atoms with Crippen LogP contribution in [0.3, 0.4) is 0 Å². The Morgan fingerprint density at radius 3 is 2.56 bits per heavy atom. The van der Waals surface area contributed by atoms with Crippen LogP contribution in [0.4, 0.5) is 11.0 Å². The molecule has 3 rings (SSSR count). The molecule has 25 heavy (non-hydrogen) atoms. The van der Waals surface area contributed by atoms with E-state index in [0.717, 1.165) is 23.3 Å². The van der Waals surface area contributed by atoms with Crippen molar-refractivity contribution in [3.8, 4) is 0 Å². The topological polar surface area (TPSA) is 111 Å². The molecule has 3 aromatic rings. The molecule has 0 aliphatic heterocycles. The summed E-state index contributed by atoms with van der Waals surface area (Å²) >= 11 is 0.780. The summed E-state index contributed by atoms with van der Waals surface area (Å²) < 4.78 is 5.41. The van der Waals surface area contributed by atoms with Crippen molar-refractivity contribution in [1.29, 1.82) is 0 Å². The van der Waals surface area contributed by atoms with Crippen molar-refractivity contribution in [3.05, 3.63) is 68.4 Å². The second kappa shape index (κ2) is 7.22.